The summed E-state index contributed by atoms with van der Waals surface area (Å²) in [5, 5.41) is 0. The highest BCUT2D eigenvalue weighted by atomic mass is 19.3. The Hall–Kier alpha value is -4.22. The molecule has 12 heteroatoms. The zero-order valence-electron chi connectivity index (χ0n) is 36.3. The Balaban J connectivity index is 0.000000238. The maximum atomic E-state index is 14.4. The molecular weight excluding hydrogens is 835 g/mol. The number of hydrogen-bond acceptors (Lipinski definition) is 2. The van der Waals surface area contributed by atoms with Crippen molar-refractivity contribution < 1.29 is 53.4 Å². The Morgan fingerprint density at radius 1 is 0.429 bits per heavy atom. The molecule has 0 amide bonds. The van der Waals surface area contributed by atoms with E-state index < -0.39 is 69.7 Å². The summed E-state index contributed by atoms with van der Waals surface area (Å²) < 4.78 is 145. The van der Waals surface area contributed by atoms with Gasteiger partial charge >= 0.3 is 12.2 Å². The maximum absolute atomic E-state index is 14.4. The predicted molar refractivity (Wildman–Crippen MR) is 226 cm³/mol. The molecule has 0 bridgehead atoms. The van der Waals surface area contributed by atoms with Crippen LogP contribution >= 0.6 is 0 Å². The van der Waals surface area contributed by atoms with E-state index in [1.54, 1.807) is 24.3 Å². The van der Waals surface area contributed by atoms with Gasteiger partial charge in [0, 0.05) is 24.3 Å². The molecule has 0 atom stereocenters. The van der Waals surface area contributed by atoms with E-state index >= 15 is 0 Å². The first kappa shape index (κ1) is 49.8. The molecule has 0 aliphatic heterocycles. The lowest BCUT2D eigenvalue weighted by Gasteiger charge is -2.28. The van der Waals surface area contributed by atoms with Crippen molar-refractivity contribution in [1.29, 1.82) is 0 Å². The van der Waals surface area contributed by atoms with Crippen molar-refractivity contribution in [2.24, 2.45) is 23.7 Å². The minimum absolute atomic E-state index is 0.400. The lowest BCUT2D eigenvalue weighted by Crippen LogP contribution is -2.22. The first-order valence-corrected chi connectivity index (χ1v) is 22.7. The smallest absolute Gasteiger partial charge is 0.426 e. The summed E-state index contributed by atoms with van der Waals surface area (Å²) in [5.74, 6) is -8.24. The molecular formula is C51H60F10O2. The van der Waals surface area contributed by atoms with Gasteiger partial charge in [-0.25, -0.2) is 26.3 Å². The third-order valence-corrected chi connectivity index (χ3v) is 12.8. The van der Waals surface area contributed by atoms with Crippen LogP contribution in [0.5, 0.6) is 11.5 Å². The molecule has 4 aromatic carbocycles. The van der Waals surface area contributed by atoms with E-state index in [9.17, 15) is 43.9 Å². The van der Waals surface area contributed by atoms with Crippen LogP contribution in [0.15, 0.2) is 72.8 Å². The third-order valence-electron chi connectivity index (χ3n) is 12.8. The summed E-state index contributed by atoms with van der Waals surface area (Å²) >= 11 is 0. The average molecular weight is 895 g/mol. The second-order valence-electron chi connectivity index (χ2n) is 17.5. The van der Waals surface area contributed by atoms with Gasteiger partial charge in [-0.1, -0.05) is 134 Å². The van der Waals surface area contributed by atoms with Crippen molar-refractivity contribution in [3.63, 3.8) is 0 Å². The molecule has 0 unspecified atom stereocenters. The van der Waals surface area contributed by atoms with Crippen molar-refractivity contribution in [3.8, 4) is 11.5 Å². The summed E-state index contributed by atoms with van der Waals surface area (Å²) in [6.45, 7) is 4.45. The SMILES string of the molecule is CCCCC1CCC(CCc2ccc(C(F)(F)Oc3cc(F)c(F)c(F)c3)cc2)CC1.CCCCCC1CCC(CCc2ccc(C(F)(F)Oc3cc(F)c(F)c(F)c3)cc2)CC1. The molecule has 2 aliphatic rings. The van der Waals surface area contributed by atoms with Crippen LogP contribution < -0.4 is 9.47 Å². The largest absolute Gasteiger partial charge is 0.429 e. The van der Waals surface area contributed by atoms with Gasteiger partial charge in [0.2, 0.25) is 0 Å². The van der Waals surface area contributed by atoms with Gasteiger partial charge in [-0.05, 0) is 84.7 Å². The normalized spacial score (nSPS) is 19.3. The van der Waals surface area contributed by atoms with Gasteiger partial charge < -0.3 is 9.47 Å². The van der Waals surface area contributed by atoms with Crippen LogP contribution in [0.1, 0.15) is 145 Å². The monoisotopic (exact) mass is 894 g/mol. The van der Waals surface area contributed by atoms with Crippen LogP contribution in [-0.2, 0) is 25.1 Å². The number of ether oxygens (including phenoxy) is 2. The zero-order valence-corrected chi connectivity index (χ0v) is 36.3. The second kappa shape index (κ2) is 23.6. The molecule has 2 nitrogen and oxygen atoms in total. The molecule has 2 aliphatic carbocycles. The van der Waals surface area contributed by atoms with E-state index in [1.165, 1.54) is 121 Å². The highest BCUT2D eigenvalue weighted by molar-refractivity contribution is 5.31. The number of halogens is 10. The van der Waals surface area contributed by atoms with E-state index in [1.807, 2.05) is 0 Å². The topological polar surface area (TPSA) is 18.5 Å². The minimum atomic E-state index is -3.80. The van der Waals surface area contributed by atoms with Gasteiger partial charge in [0.25, 0.3) is 0 Å². The van der Waals surface area contributed by atoms with Crippen molar-refractivity contribution in [2.45, 2.75) is 148 Å². The van der Waals surface area contributed by atoms with Gasteiger partial charge in [-0.2, -0.15) is 17.6 Å². The number of aryl methyl sites for hydroxylation is 2. The third kappa shape index (κ3) is 15.2. The van der Waals surface area contributed by atoms with E-state index in [-0.39, 0.29) is 0 Å². The van der Waals surface area contributed by atoms with Crippen LogP contribution in [0.2, 0.25) is 0 Å². The van der Waals surface area contributed by atoms with Crippen LogP contribution in [-0.4, -0.2) is 0 Å². The van der Waals surface area contributed by atoms with Crippen LogP contribution in [0, 0.1) is 58.6 Å². The Morgan fingerprint density at radius 3 is 1.05 bits per heavy atom. The maximum Gasteiger partial charge on any atom is 0.426 e. The summed E-state index contributed by atoms with van der Waals surface area (Å²) in [6, 6.07) is 13.2. The Labute approximate surface area is 365 Å². The lowest BCUT2D eigenvalue weighted by atomic mass is 9.78. The van der Waals surface area contributed by atoms with E-state index in [2.05, 4.69) is 23.3 Å². The molecule has 0 aromatic heterocycles. The van der Waals surface area contributed by atoms with Crippen molar-refractivity contribution >= 4 is 0 Å². The van der Waals surface area contributed by atoms with Gasteiger partial charge in [0.1, 0.15) is 11.5 Å². The van der Waals surface area contributed by atoms with Crippen molar-refractivity contribution in [1.82, 2.24) is 0 Å². The molecule has 346 valence electrons. The number of benzene rings is 4. The first-order chi connectivity index (χ1) is 30.1. The fraction of sp³-hybridized carbons (Fsp3) is 0.529. The molecule has 2 saturated carbocycles. The molecule has 63 heavy (non-hydrogen) atoms. The highest BCUT2D eigenvalue weighted by Crippen LogP contribution is 2.38. The molecule has 0 N–H and O–H groups in total. The predicted octanol–water partition coefficient (Wildman–Crippen LogP) is 16.7. The van der Waals surface area contributed by atoms with E-state index in [4.69, 9.17) is 0 Å². The van der Waals surface area contributed by atoms with Crippen LogP contribution in [0.3, 0.4) is 0 Å². The Bertz CT molecular complexity index is 1940. The van der Waals surface area contributed by atoms with Crippen LogP contribution in [0.4, 0.5) is 43.9 Å². The van der Waals surface area contributed by atoms with Gasteiger partial charge in [0.15, 0.2) is 34.9 Å². The fourth-order valence-electron chi connectivity index (χ4n) is 8.86. The van der Waals surface area contributed by atoms with E-state index in [0.717, 1.165) is 48.6 Å². The van der Waals surface area contributed by atoms with Gasteiger partial charge in [-0.15, -0.1) is 0 Å². The molecule has 0 radical (unpaired) electrons. The zero-order chi connectivity index (χ0) is 45.6. The Kier molecular flexibility index (Phi) is 18.7. The first-order valence-electron chi connectivity index (χ1n) is 22.7. The molecule has 0 spiro atoms. The molecule has 6 rings (SSSR count). The lowest BCUT2D eigenvalue weighted by molar-refractivity contribution is -0.186. The van der Waals surface area contributed by atoms with E-state index in [0.29, 0.717) is 36.1 Å². The van der Waals surface area contributed by atoms with Gasteiger partial charge in [0.05, 0.1) is 11.1 Å². The number of rotatable bonds is 19. The van der Waals surface area contributed by atoms with Crippen LogP contribution in [0.25, 0.3) is 0 Å². The second-order valence-corrected chi connectivity index (χ2v) is 17.5. The fourth-order valence-corrected chi connectivity index (χ4v) is 8.86. The summed E-state index contributed by atoms with van der Waals surface area (Å²) in [5.41, 5.74) is 1.07. The Morgan fingerprint density at radius 2 is 0.730 bits per heavy atom. The number of hydrogen-bond donors (Lipinski definition) is 0. The summed E-state index contributed by atoms with van der Waals surface area (Å²) in [7, 11) is 0. The summed E-state index contributed by atoms with van der Waals surface area (Å²) in [4.78, 5) is 0. The number of alkyl halides is 4. The minimum Gasteiger partial charge on any atom is -0.429 e. The van der Waals surface area contributed by atoms with Crippen molar-refractivity contribution in [2.75, 3.05) is 0 Å². The summed E-state index contributed by atoms with van der Waals surface area (Å²) in [6.07, 6.45) is 15.4. The highest BCUT2D eigenvalue weighted by Gasteiger charge is 2.36. The molecule has 4 aromatic rings. The molecule has 0 saturated heterocycles. The number of unbranched alkanes of at least 4 members (excludes halogenated alkanes) is 3. The molecule has 0 heterocycles. The van der Waals surface area contributed by atoms with Crippen molar-refractivity contribution in [3.05, 3.63) is 130 Å². The standard InChI is InChI=1S/C26H31F5O.C25H29F5O/c1-2-3-4-5-18-6-8-19(9-7-18)10-11-20-12-14-21(15-13-20)26(30,31)32-22-16-23(27)25(29)24(28)17-22;1-2-3-4-17-5-7-18(8-6-17)9-10-19-11-13-20(14-12-19)25(29,30)31-21-15-22(26)24(28)23(27)16-21/h12-19H,2-11H2,1H3;11-18H,2-10H2,1H3. The average Bonchev–Trinajstić information content (AvgIpc) is 3.26. The van der Waals surface area contributed by atoms with Gasteiger partial charge in [-0.3, -0.25) is 0 Å². The quantitative estimate of drug-likeness (QED) is 0.0530. The molecule has 2 fully saturated rings.